The largest absolute Gasteiger partial charge is 0.463 e. The summed E-state index contributed by atoms with van der Waals surface area (Å²) in [6.07, 6.45) is 3.79. The lowest BCUT2D eigenvalue weighted by Crippen LogP contribution is -2.37. The molecule has 6 heteroatoms. The first-order valence-corrected chi connectivity index (χ1v) is 6.91. The van der Waals surface area contributed by atoms with E-state index in [1.54, 1.807) is 11.8 Å². The van der Waals surface area contributed by atoms with Gasteiger partial charge in [-0.05, 0) is 19.8 Å². The van der Waals surface area contributed by atoms with Crippen LogP contribution in [0.4, 0.5) is 0 Å². The molecule has 100 valence electrons. The van der Waals surface area contributed by atoms with Gasteiger partial charge in [-0.1, -0.05) is 11.8 Å². The molecule has 1 fully saturated rings. The zero-order valence-electron chi connectivity index (χ0n) is 10.8. The molecule has 0 aromatic rings. The topological polar surface area (TPSA) is 51.1 Å². The molecule has 18 heavy (non-hydrogen) atoms. The molecular weight excluding hydrogens is 252 g/mol. The number of rotatable bonds is 3. The van der Waals surface area contributed by atoms with Gasteiger partial charge in [0.1, 0.15) is 12.0 Å². The van der Waals surface area contributed by atoms with Crippen LogP contribution in [0.5, 0.6) is 0 Å². The van der Waals surface area contributed by atoms with Crippen LogP contribution in [-0.4, -0.2) is 53.8 Å². The van der Waals surface area contributed by atoms with Crippen molar-refractivity contribution in [1.29, 1.82) is 0 Å². The summed E-state index contributed by atoms with van der Waals surface area (Å²) in [6.45, 7) is 4.68. The predicted octanol–water partition coefficient (Wildman–Crippen LogP) is 1.11. The van der Waals surface area contributed by atoms with Gasteiger partial charge in [-0.15, -0.1) is 0 Å². The molecule has 0 aromatic carbocycles. The second kappa shape index (κ2) is 5.93. The molecule has 3 atom stereocenters. The summed E-state index contributed by atoms with van der Waals surface area (Å²) >= 11 is 1.63. The van der Waals surface area contributed by atoms with Crippen molar-refractivity contribution in [3.05, 3.63) is 12.8 Å². The maximum atomic E-state index is 10.8. The van der Waals surface area contributed by atoms with Crippen LogP contribution >= 0.6 is 11.8 Å². The van der Waals surface area contributed by atoms with E-state index in [4.69, 9.17) is 9.47 Å². The number of ether oxygens (including phenoxy) is 2. The molecule has 0 N–H and O–H groups in total. The number of carbonyl (C=O) groups is 1. The molecule has 2 aliphatic heterocycles. The lowest BCUT2D eigenvalue weighted by Gasteiger charge is -2.29. The Morgan fingerprint density at radius 2 is 2.39 bits per heavy atom. The standard InChI is InChI=1S/C12H18N2O3S/c1-4-14(3)12-13-10-6-5-9(7-16-8(2)15)17-11(10)18-12/h5-6,9-11H,4,7H2,1-3H3/t9-,10-,11-/m1/s1. The number of esters is 1. The van der Waals surface area contributed by atoms with Gasteiger partial charge in [-0.2, -0.15) is 0 Å². The van der Waals surface area contributed by atoms with Crippen molar-refractivity contribution in [2.45, 2.75) is 31.4 Å². The molecule has 2 heterocycles. The van der Waals surface area contributed by atoms with Crippen LogP contribution in [0.3, 0.4) is 0 Å². The van der Waals surface area contributed by atoms with E-state index in [2.05, 4.69) is 16.8 Å². The Bertz CT molecular complexity index is 348. The zero-order chi connectivity index (χ0) is 13.1. The number of amidine groups is 1. The fourth-order valence-corrected chi connectivity index (χ4v) is 2.90. The third-order valence-electron chi connectivity index (χ3n) is 2.84. The normalized spacial score (nSPS) is 30.6. The molecule has 0 spiro atoms. The SMILES string of the molecule is CCN(C)C1=N[C@@H]2[CH][CH][C@H](COC(C)=O)O[C@@H]2S1. The number of fused-ring (bicyclic) bond motifs is 1. The van der Waals surface area contributed by atoms with Crippen LogP contribution in [0.1, 0.15) is 13.8 Å². The molecule has 0 aromatic heterocycles. The van der Waals surface area contributed by atoms with E-state index in [0.717, 1.165) is 11.7 Å². The summed E-state index contributed by atoms with van der Waals surface area (Å²) in [4.78, 5) is 17.5. The minimum absolute atomic E-state index is 0.000409. The Morgan fingerprint density at radius 3 is 3.06 bits per heavy atom. The molecule has 2 rings (SSSR count). The van der Waals surface area contributed by atoms with Crippen molar-refractivity contribution in [2.75, 3.05) is 20.2 Å². The summed E-state index contributed by atoms with van der Waals surface area (Å²) in [5.41, 5.74) is -0.000409. The van der Waals surface area contributed by atoms with Crippen molar-refractivity contribution >= 4 is 22.9 Å². The van der Waals surface area contributed by atoms with Crippen LogP contribution in [-0.2, 0) is 14.3 Å². The highest BCUT2D eigenvalue weighted by molar-refractivity contribution is 8.14. The van der Waals surface area contributed by atoms with Crippen LogP contribution < -0.4 is 0 Å². The average molecular weight is 270 g/mol. The van der Waals surface area contributed by atoms with Gasteiger partial charge >= 0.3 is 5.97 Å². The summed E-state index contributed by atoms with van der Waals surface area (Å²) in [6, 6.07) is 0.0765. The van der Waals surface area contributed by atoms with E-state index in [-0.39, 0.29) is 30.2 Å². The summed E-state index contributed by atoms with van der Waals surface area (Å²) < 4.78 is 10.8. The van der Waals surface area contributed by atoms with Gasteiger partial charge in [0.15, 0.2) is 5.17 Å². The number of carbonyl (C=O) groups excluding carboxylic acids is 1. The molecule has 0 saturated carbocycles. The monoisotopic (exact) mass is 270 g/mol. The highest BCUT2D eigenvalue weighted by Crippen LogP contribution is 2.35. The lowest BCUT2D eigenvalue weighted by atomic mass is 10.1. The number of hydrogen-bond acceptors (Lipinski definition) is 6. The Kier molecular flexibility index (Phi) is 4.50. The van der Waals surface area contributed by atoms with E-state index in [1.807, 2.05) is 19.9 Å². The molecule has 0 amide bonds. The Balaban J connectivity index is 1.85. The van der Waals surface area contributed by atoms with Crippen molar-refractivity contribution in [3.8, 4) is 0 Å². The Morgan fingerprint density at radius 1 is 1.61 bits per heavy atom. The van der Waals surface area contributed by atoms with Gasteiger partial charge in [0.25, 0.3) is 0 Å². The first-order valence-electron chi connectivity index (χ1n) is 6.03. The minimum Gasteiger partial charge on any atom is -0.463 e. The van der Waals surface area contributed by atoms with E-state index in [1.165, 1.54) is 6.92 Å². The fraction of sp³-hybridized carbons (Fsp3) is 0.667. The molecule has 5 nitrogen and oxygen atoms in total. The fourth-order valence-electron chi connectivity index (χ4n) is 1.71. The van der Waals surface area contributed by atoms with Gasteiger partial charge in [0.2, 0.25) is 0 Å². The number of nitrogens with zero attached hydrogens (tertiary/aromatic N) is 2. The number of thioether (sulfide) groups is 1. The van der Waals surface area contributed by atoms with Crippen LogP contribution in [0, 0.1) is 12.8 Å². The maximum Gasteiger partial charge on any atom is 0.302 e. The predicted molar refractivity (Wildman–Crippen MR) is 71.0 cm³/mol. The van der Waals surface area contributed by atoms with Gasteiger partial charge < -0.3 is 14.4 Å². The number of hydrogen-bond donors (Lipinski definition) is 0. The average Bonchev–Trinajstić information content (AvgIpc) is 2.78. The van der Waals surface area contributed by atoms with Crippen molar-refractivity contribution < 1.29 is 14.3 Å². The minimum atomic E-state index is -0.282. The quantitative estimate of drug-likeness (QED) is 0.719. The first-order chi connectivity index (χ1) is 8.60. The van der Waals surface area contributed by atoms with E-state index < -0.39 is 0 Å². The third kappa shape index (κ3) is 3.17. The molecule has 0 aliphatic carbocycles. The van der Waals surface area contributed by atoms with Gasteiger partial charge in [-0.3, -0.25) is 9.79 Å². The third-order valence-corrected chi connectivity index (χ3v) is 4.09. The van der Waals surface area contributed by atoms with Gasteiger partial charge in [0, 0.05) is 20.5 Å². The molecular formula is C12H18N2O3S. The maximum absolute atomic E-state index is 10.8. The second-order valence-electron chi connectivity index (χ2n) is 4.26. The van der Waals surface area contributed by atoms with Crippen LogP contribution in [0.25, 0.3) is 0 Å². The van der Waals surface area contributed by atoms with Crippen molar-refractivity contribution in [3.63, 3.8) is 0 Å². The van der Waals surface area contributed by atoms with Crippen LogP contribution in [0.15, 0.2) is 4.99 Å². The van der Waals surface area contributed by atoms with Crippen molar-refractivity contribution in [1.82, 2.24) is 4.90 Å². The number of aliphatic imine (C=N–C) groups is 1. The van der Waals surface area contributed by atoms with Gasteiger partial charge in [-0.25, -0.2) is 0 Å². The van der Waals surface area contributed by atoms with E-state index in [0.29, 0.717) is 0 Å². The molecule has 2 aliphatic rings. The Hall–Kier alpha value is -0.750. The summed E-state index contributed by atoms with van der Waals surface area (Å²) in [7, 11) is 2.02. The van der Waals surface area contributed by atoms with E-state index in [9.17, 15) is 4.79 Å². The Labute approximate surface area is 112 Å². The highest BCUT2D eigenvalue weighted by Gasteiger charge is 2.38. The smallest absolute Gasteiger partial charge is 0.302 e. The molecule has 2 radical (unpaired) electrons. The summed E-state index contributed by atoms with van der Waals surface area (Å²) in [5.74, 6) is -0.282. The second-order valence-corrected chi connectivity index (χ2v) is 5.33. The van der Waals surface area contributed by atoms with E-state index >= 15 is 0 Å². The summed E-state index contributed by atoms with van der Waals surface area (Å²) in [5, 5.41) is 1.00. The lowest BCUT2D eigenvalue weighted by molar-refractivity contribution is -0.145. The van der Waals surface area contributed by atoms with Crippen LogP contribution in [0.2, 0.25) is 0 Å². The molecule has 0 unspecified atom stereocenters. The molecule has 1 saturated heterocycles. The highest BCUT2D eigenvalue weighted by atomic mass is 32.2. The van der Waals surface area contributed by atoms with Gasteiger partial charge in [0.05, 0.1) is 12.1 Å². The van der Waals surface area contributed by atoms with Crippen molar-refractivity contribution in [2.24, 2.45) is 4.99 Å². The first kappa shape index (κ1) is 13.7. The zero-order valence-corrected chi connectivity index (χ0v) is 11.6. The molecule has 0 bridgehead atoms.